The van der Waals surface area contributed by atoms with Crippen molar-refractivity contribution in [3.8, 4) is 0 Å². The lowest BCUT2D eigenvalue weighted by atomic mass is 10.00. The largest absolute Gasteiger partial charge is 0.381 e. The average Bonchev–Trinajstić information content (AvgIpc) is 2.99. The number of nitrogens with zero attached hydrogens (tertiary/aromatic N) is 3. The molecule has 7 heteroatoms. The van der Waals surface area contributed by atoms with Crippen molar-refractivity contribution in [3.05, 3.63) is 5.82 Å². The summed E-state index contributed by atoms with van der Waals surface area (Å²) in [7, 11) is 0. The topological polar surface area (TPSA) is 75.3 Å². The highest BCUT2D eigenvalue weighted by Gasteiger charge is 2.20. The average molecular weight is 295 g/mol. The molecule has 0 spiro atoms. The number of hydrogen-bond acceptors (Lipinski definition) is 6. The zero-order chi connectivity index (χ0) is 14.5. The predicted molar refractivity (Wildman–Crippen MR) is 79.5 cm³/mol. The molecule has 2 fully saturated rings. The molecule has 2 aliphatic heterocycles. The first kappa shape index (κ1) is 14.7. The Bertz CT molecular complexity index is 433. The second kappa shape index (κ2) is 7.20. The van der Waals surface area contributed by atoms with E-state index in [1.54, 1.807) is 0 Å². The summed E-state index contributed by atoms with van der Waals surface area (Å²) in [6.45, 7) is 8.36. The third-order valence-corrected chi connectivity index (χ3v) is 4.30. The van der Waals surface area contributed by atoms with E-state index in [-0.39, 0.29) is 0 Å². The van der Waals surface area contributed by atoms with E-state index in [2.05, 4.69) is 32.3 Å². The van der Waals surface area contributed by atoms with Crippen LogP contribution in [0.5, 0.6) is 0 Å². The minimum atomic E-state index is 0.459. The standard InChI is InChI=1S/C14H25N5O2/c1-11-10-21-9-6-19(11)5-4-15-14-16-13(17-18-14)12-2-7-20-8-3-12/h11-12H,2-10H2,1H3,(H2,15,16,17,18). The van der Waals surface area contributed by atoms with E-state index in [1.807, 2.05) is 0 Å². The van der Waals surface area contributed by atoms with Crippen molar-refractivity contribution in [1.29, 1.82) is 0 Å². The Hall–Kier alpha value is -1.18. The van der Waals surface area contributed by atoms with E-state index >= 15 is 0 Å². The normalized spacial score (nSPS) is 25.1. The molecule has 21 heavy (non-hydrogen) atoms. The van der Waals surface area contributed by atoms with E-state index in [1.165, 1.54) is 0 Å². The minimum absolute atomic E-state index is 0.459. The molecule has 0 aromatic carbocycles. The van der Waals surface area contributed by atoms with Crippen LogP contribution in [0.15, 0.2) is 0 Å². The molecule has 0 bridgehead atoms. The van der Waals surface area contributed by atoms with Crippen LogP contribution in [0.25, 0.3) is 0 Å². The van der Waals surface area contributed by atoms with E-state index in [0.29, 0.717) is 17.9 Å². The Kier molecular flexibility index (Phi) is 5.05. The summed E-state index contributed by atoms with van der Waals surface area (Å²) in [6.07, 6.45) is 2.06. The fourth-order valence-corrected chi connectivity index (χ4v) is 2.91. The second-order valence-corrected chi connectivity index (χ2v) is 5.82. The molecule has 3 rings (SSSR count). The van der Waals surface area contributed by atoms with Crippen molar-refractivity contribution in [2.75, 3.05) is 51.4 Å². The fourth-order valence-electron chi connectivity index (χ4n) is 2.91. The van der Waals surface area contributed by atoms with E-state index < -0.39 is 0 Å². The van der Waals surface area contributed by atoms with Crippen LogP contribution in [-0.2, 0) is 9.47 Å². The first-order chi connectivity index (χ1) is 10.3. The Morgan fingerprint density at radius 1 is 1.29 bits per heavy atom. The number of rotatable bonds is 5. The molecule has 0 amide bonds. The van der Waals surface area contributed by atoms with Crippen LogP contribution in [0.3, 0.4) is 0 Å². The molecule has 118 valence electrons. The van der Waals surface area contributed by atoms with Gasteiger partial charge in [0.15, 0.2) is 0 Å². The maximum atomic E-state index is 5.45. The Balaban J connectivity index is 1.44. The summed E-state index contributed by atoms with van der Waals surface area (Å²) in [6, 6.07) is 0.491. The maximum absolute atomic E-state index is 5.45. The van der Waals surface area contributed by atoms with Crippen molar-refractivity contribution in [2.24, 2.45) is 0 Å². The predicted octanol–water partition coefficient (Wildman–Crippen LogP) is 0.831. The van der Waals surface area contributed by atoms with Crippen molar-refractivity contribution >= 4 is 5.95 Å². The molecule has 1 atom stereocenters. The highest BCUT2D eigenvalue weighted by atomic mass is 16.5. The molecule has 2 N–H and O–H groups in total. The van der Waals surface area contributed by atoms with Gasteiger partial charge < -0.3 is 14.8 Å². The van der Waals surface area contributed by atoms with Gasteiger partial charge in [0.25, 0.3) is 0 Å². The van der Waals surface area contributed by atoms with Gasteiger partial charge in [0.2, 0.25) is 5.95 Å². The van der Waals surface area contributed by atoms with Crippen molar-refractivity contribution < 1.29 is 9.47 Å². The van der Waals surface area contributed by atoms with Gasteiger partial charge in [-0.2, -0.15) is 4.98 Å². The van der Waals surface area contributed by atoms with Gasteiger partial charge in [0.1, 0.15) is 5.82 Å². The van der Waals surface area contributed by atoms with Gasteiger partial charge in [-0.1, -0.05) is 0 Å². The minimum Gasteiger partial charge on any atom is -0.381 e. The first-order valence-corrected chi connectivity index (χ1v) is 7.88. The maximum Gasteiger partial charge on any atom is 0.242 e. The highest BCUT2D eigenvalue weighted by molar-refractivity contribution is 5.23. The van der Waals surface area contributed by atoms with Crippen molar-refractivity contribution in [3.63, 3.8) is 0 Å². The number of ether oxygens (including phenoxy) is 2. The van der Waals surface area contributed by atoms with Gasteiger partial charge in [-0.25, -0.2) is 0 Å². The SMILES string of the molecule is CC1COCCN1CCNc1n[nH]c(C2CCOCC2)n1. The summed E-state index contributed by atoms with van der Waals surface area (Å²) >= 11 is 0. The van der Waals surface area contributed by atoms with Crippen LogP contribution < -0.4 is 5.32 Å². The van der Waals surface area contributed by atoms with Gasteiger partial charge >= 0.3 is 0 Å². The zero-order valence-corrected chi connectivity index (χ0v) is 12.7. The van der Waals surface area contributed by atoms with E-state index in [9.17, 15) is 0 Å². The lowest BCUT2D eigenvalue weighted by molar-refractivity contribution is 0.00180. The number of nitrogens with one attached hydrogen (secondary N) is 2. The number of hydrogen-bond donors (Lipinski definition) is 2. The van der Waals surface area contributed by atoms with Crippen LogP contribution in [0.2, 0.25) is 0 Å². The van der Waals surface area contributed by atoms with Gasteiger partial charge in [-0.3, -0.25) is 10.00 Å². The summed E-state index contributed by atoms with van der Waals surface area (Å²) in [5.41, 5.74) is 0. The third-order valence-electron chi connectivity index (χ3n) is 4.30. The molecule has 3 heterocycles. The fraction of sp³-hybridized carbons (Fsp3) is 0.857. The zero-order valence-electron chi connectivity index (χ0n) is 12.7. The summed E-state index contributed by atoms with van der Waals surface area (Å²) < 4.78 is 10.8. The molecule has 0 aliphatic carbocycles. The quantitative estimate of drug-likeness (QED) is 0.838. The van der Waals surface area contributed by atoms with E-state index in [0.717, 1.165) is 64.7 Å². The van der Waals surface area contributed by atoms with Crippen LogP contribution in [0, 0.1) is 0 Å². The number of anilines is 1. The van der Waals surface area contributed by atoms with Crippen molar-refractivity contribution in [2.45, 2.75) is 31.7 Å². The Morgan fingerprint density at radius 3 is 2.95 bits per heavy atom. The monoisotopic (exact) mass is 295 g/mol. The number of aromatic amines is 1. The van der Waals surface area contributed by atoms with Gasteiger partial charge in [0, 0.05) is 44.8 Å². The van der Waals surface area contributed by atoms with Crippen LogP contribution in [0.4, 0.5) is 5.95 Å². The molecular formula is C14H25N5O2. The molecule has 2 aliphatic rings. The molecule has 1 unspecified atom stereocenters. The van der Waals surface area contributed by atoms with Gasteiger partial charge in [-0.05, 0) is 19.8 Å². The Morgan fingerprint density at radius 2 is 2.14 bits per heavy atom. The lowest BCUT2D eigenvalue weighted by Crippen LogP contribution is -2.45. The summed E-state index contributed by atoms with van der Waals surface area (Å²) in [5.74, 6) is 2.15. The molecule has 1 aromatic heterocycles. The number of H-pyrrole nitrogens is 1. The van der Waals surface area contributed by atoms with Crippen molar-refractivity contribution in [1.82, 2.24) is 20.1 Å². The van der Waals surface area contributed by atoms with Crippen LogP contribution in [0.1, 0.15) is 31.5 Å². The molecule has 0 radical (unpaired) electrons. The van der Waals surface area contributed by atoms with E-state index in [4.69, 9.17) is 9.47 Å². The molecule has 7 nitrogen and oxygen atoms in total. The molecular weight excluding hydrogens is 270 g/mol. The summed E-state index contributed by atoms with van der Waals surface area (Å²) in [4.78, 5) is 6.99. The molecule has 0 saturated carbocycles. The molecule has 2 saturated heterocycles. The number of aromatic nitrogens is 3. The Labute approximate surface area is 125 Å². The second-order valence-electron chi connectivity index (χ2n) is 5.82. The number of morpholine rings is 1. The van der Waals surface area contributed by atoms with Gasteiger partial charge in [0.05, 0.1) is 13.2 Å². The molecule has 1 aromatic rings. The van der Waals surface area contributed by atoms with Gasteiger partial charge in [-0.15, -0.1) is 5.10 Å². The highest BCUT2D eigenvalue weighted by Crippen LogP contribution is 2.24. The first-order valence-electron chi connectivity index (χ1n) is 7.88. The lowest BCUT2D eigenvalue weighted by Gasteiger charge is -2.33. The summed E-state index contributed by atoms with van der Waals surface area (Å²) in [5, 5.41) is 10.6. The smallest absolute Gasteiger partial charge is 0.242 e. The van der Waals surface area contributed by atoms with Crippen LogP contribution in [-0.4, -0.2) is 72.2 Å². The van der Waals surface area contributed by atoms with Crippen LogP contribution >= 0.6 is 0 Å². The third kappa shape index (κ3) is 3.93.